The van der Waals surface area contributed by atoms with Crippen molar-refractivity contribution in [1.29, 1.82) is 5.26 Å². The molecular weight excluding hydrogens is 376 g/mol. The van der Waals surface area contributed by atoms with Crippen LogP contribution in [0.15, 0.2) is 67.0 Å². The van der Waals surface area contributed by atoms with Gasteiger partial charge < -0.3 is 10.2 Å². The molecule has 0 atom stereocenters. The van der Waals surface area contributed by atoms with Crippen LogP contribution in [0.25, 0.3) is 0 Å². The van der Waals surface area contributed by atoms with E-state index in [9.17, 15) is 4.79 Å². The van der Waals surface area contributed by atoms with Crippen molar-refractivity contribution >= 4 is 17.5 Å². The summed E-state index contributed by atoms with van der Waals surface area (Å²) in [5, 5.41) is 11.7. The molecule has 3 aromatic rings. The van der Waals surface area contributed by atoms with Gasteiger partial charge in [-0.05, 0) is 23.8 Å². The summed E-state index contributed by atoms with van der Waals surface area (Å²) >= 11 is 0. The van der Waals surface area contributed by atoms with Crippen molar-refractivity contribution in [2.45, 2.75) is 6.54 Å². The molecule has 150 valence electrons. The van der Waals surface area contributed by atoms with Gasteiger partial charge in [-0.1, -0.05) is 36.4 Å². The number of nitriles is 1. The fourth-order valence-electron chi connectivity index (χ4n) is 3.42. The highest BCUT2D eigenvalue weighted by Gasteiger charge is 2.19. The highest BCUT2D eigenvalue weighted by atomic mass is 16.1. The molecule has 7 nitrogen and oxygen atoms in total. The molecule has 2 heterocycles. The van der Waals surface area contributed by atoms with Crippen LogP contribution in [-0.4, -0.2) is 47.0 Å². The summed E-state index contributed by atoms with van der Waals surface area (Å²) in [6.07, 6.45) is 3.09. The maximum Gasteiger partial charge on any atom is 0.258 e. The molecule has 1 aromatic heterocycles. The van der Waals surface area contributed by atoms with Gasteiger partial charge in [0.1, 0.15) is 0 Å². The number of benzene rings is 2. The van der Waals surface area contributed by atoms with Crippen LogP contribution < -0.4 is 10.2 Å². The number of carbonyl (C=O) groups is 1. The fourth-order valence-corrected chi connectivity index (χ4v) is 3.42. The minimum atomic E-state index is -0.302. The Bertz CT molecular complexity index is 1040. The summed E-state index contributed by atoms with van der Waals surface area (Å²) in [5.41, 5.74) is 2.75. The quantitative estimate of drug-likeness (QED) is 0.711. The second kappa shape index (κ2) is 9.16. The Morgan fingerprint density at radius 1 is 1.00 bits per heavy atom. The second-order valence-electron chi connectivity index (χ2n) is 7.17. The predicted octanol–water partition coefficient (Wildman–Crippen LogP) is 2.92. The first-order valence-electron chi connectivity index (χ1n) is 9.86. The van der Waals surface area contributed by atoms with Crippen molar-refractivity contribution < 1.29 is 4.79 Å². The van der Waals surface area contributed by atoms with E-state index in [-0.39, 0.29) is 5.91 Å². The summed E-state index contributed by atoms with van der Waals surface area (Å²) in [7, 11) is 0. The molecule has 1 N–H and O–H groups in total. The molecule has 1 fully saturated rings. The van der Waals surface area contributed by atoms with E-state index in [1.54, 1.807) is 36.7 Å². The van der Waals surface area contributed by atoms with Crippen molar-refractivity contribution in [2.75, 3.05) is 36.4 Å². The van der Waals surface area contributed by atoms with E-state index in [0.717, 1.165) is 32.7 Å². The first-order valence-corrected chi connectivity index (χ1v) is 9.86. The Morgan fingerprint density at radius 3 is 2.43 bits per heavy atom. The zero-order chi connectivity index (χ0) is 20.8. The standard InChI is InChI=1S/C23H22N6O/c24-14-19-7-4-8-21(13-19)27-22(30)20-15-25-23(26-16-20)29-11-9-28(10-12-29)17-18-5-2-1-3-6-18/h1-8,13,15-16H,9-12,17H2,(H,27,30). The Hall–Kier alpha value is -3.76. The van der Waals surface area contributed by atoms with Crippen LogP contribution in [0.4, 0.5) is 11.6 Å². The molecule has 0 spiro atoms. The summed E-state index contributed by atoms with van der Waals surface area (Å²) in [4.78, 5) is 25.8. The number of aromatic nitrogens is 2. The number of anilines is 2. The van der Waals surface area contributed by atoms with Crippen LogP contribution in [0.2, 0.25) is 0 Å². The number of nitrogens with one attached hydrogen (secondary N) is 1. The molecule has 30 heavy (non-hydrogen) atoms. The maximum absolute atomic E-state index is 12.4. The molecular formula is C23H22N6O. The third-order valence-electron chi connectivity index (χ3n) is 5.05. The Kier molecular flexibility index (Phi) is 5.97. The third kappa shape index (κ3) is 4.80. The molecule has 1 amide bonds. The molecule has 4 rings (SSSR count). The van der Waals surface area contributed by atoms with Gasteiger partial charge in [-0.2, -0.15) is 5.26 Å². The highest BCUT2D eigenvalue weighted by molar-refractivity contribution is 6.03. The van der Waals surface area contributed by atoms with Crippen molar-refractivity contribution in [3.8, 4) is 6.07 Å². The molecule has 1 aliphatic heterocycles. The van der Waals surface area contributed by atoms with E-state index in [2.05, 4.69) is 55.4 Å². The lowest BCUT2D eigenvalue weighted by molar-refractivity contribution is 0.102. The summed E-state index contributed by atoms with van der Waals surface area (Å²) in [6, 6.07) is 19.3. The van der Waals surface area contributed by atoms with Crippen molar-refractivity contribution in [3.63, 3.8) is 0 Å². The minimum Gasteiger partial charge on any atom is -0.338 e. The minimum absolute atomic E-state index is 0.302. The largest absolute Gasteiger partial charge is 0.338 e. The van der Waals surface area contributed by atoms with Crippen molar-refractivity contribution in [3.05, 3.63) is 83.7 Å². The maximum atomic E-state index is 12.4. The molecule has 0 radical (unpaired) electrons. The monoisotopic (exact) mass is 398 g/mol. The second-order valence-corrected chi connectivity index (χ2v) is 7.17. The smallest absolute Gasteiger partial charge is 0.258 e. The van der Waals surface area contributed by atoms with Gasteiger partial charge in [0.2, 0.25) is 5.95 Å². The van der Waals surface area contributed by atoms with Crippen LogP contribution in [-0.2, 0) is 6.54 Å². The summed E-state index contributed by atoms with van der Waals surface area (Å²) in [6.45, 7) is 4.52. The first-order chi connectivity index (χ1) is 14.7. The van der Waals surface area contributed by atoms with E-state index in [1.807, 2.05) is 6.07 Å². The average molecular weight is 398 g/mol. The van der Waals surface area contributed by atoms with Crippen molar-refractivity contribution in [2.24, 2.45) is 0 Å². The van der Waals surface area contributed by atoms with Gasteiger partial charge in [0.15, 0.2) is 0 Å². The lowest BCUT2D eigenvalue weighted by atomic mass is 10.2. The molecule has 1 aliphatic rings. The molecule has 0 bridgehead atoms. The van der Waals surface area contributed by atoms with Crippen LogP contribution in [0.5, 0.6) is 0 Å². The third-order valence-corrected chi connectivity index (χ3v) is 5.05. The number of hydrogen-bond donors (Lipinski definition) is 1. The van der Waals surface area contributed by atoms with Gasteiger partial charge in [0.25, 0.3) is 5.91 Å². The molecule has 0 unspecified atom stereocenters. The van der Waals surface area contributed by atoms with E-state index >= 15 is 0 Å². The van der Waals surface area contributed by atoms with Crippen LogP contribution in [0, 0.1) is 11.3 Å². The number of carbonyl (C=O) groups excluding carboxylic acids is 1. The molecule has 0 aliphatic carbocycles. The van der Waals surface area contributed by atoms with E-state index in [0.29, 0.717) is 22.8 Å². The Labute approximate surface area is 175 Å². The van der Waals surface area contributed by atoms with Gasteiger partial charge in [-0.25, -0.2) is 9.97 Å². The average Bonchev–Trinajstić information content (AvgIpc) is 2.80. The molecule has 0 saturated carbocycles. The van der Waals surface area contributed by atoms with Crippen LogP contribution >= 0.6 is 0 Å². The zero-order valence-electron chi connectivity index (χ0n) is 16.5. The lowest BCUT2D eigenvalue weighted by Crippen LogP contribution is -2.46. The van der Waals surface area contributed by atoms with Gasteiger partial charge in [0, 0.05) is 50.8 Å². The topological polar surface area (TPSA) is 85.1 Å². The van der Waals surface area contributed by atoms with Gasteiger partial charge >= 0.3 is 0 Å². The summed E-state index contributed by atoms with van der Waals surface area (Å²) in [5.74, 6) is 0.335. The number of hydrogen-bond acceptors (Lipinski definition) is 6. The fraction of sp³-hybridized carbons (Fsp3) is 0.217. The molecule has 7 heteroatoms. The van der Waals surface area contributed by atoms with Crippen LogP contribution in [0.1, 0.15) is 21.5 Å². The highest BCUT2D eigenvalue weighted by Crippen LogP contribution is 2.15. The normalized spacial score (nSPS) is 14.2. The number of amides is 1. The Morgan fingerprint density at radius 2 is 1.73 bits per heavy atom. The van der Waals surface area contributed by atoms with Crippen LogP contribution in [0.3, 0.4) is 0 Å². The van der Waals surface area contributed by atoms with Gasteiger partial charge in [-0.15, -0.1) is 0 Å². The van der Waals surface area contributed by atoms with E-state index in [4.69, 9.17) is 5.26 Å². The predicted molar refractivity (Wildman–Crippen MR) is 115 cm³/mol. The SMILES string of the molecule is N#Cc1cccc(NC(=O)c2cnc(N3CCN(Cc4ccccc4)CC3)nc2)c1. The number of nitrogens with zero attached hydrogens (tertiary/aromatic N) is 5. The number of piperazine rings is 1. The first kappa shape index (κ1) is 19.6. The lowest BCUT2D eigenvalue weighted by Gasteiger charge is -2.34. The van der Waals surface area contributed by atoms with Gasteiger partial charge in [0.05, 0.1) is 17.2 Å². The molecule has 2 aromatic carbocycles. The van der Waals surface area contributed by atoms with Gasteiger partial charge in [-0.3, -0.25) is 9.69 Å². The zero-order valence-corrected chi connectivity index (χ0v) is 16.5. The Balaban J connectivity index is 1.32. The number of rotatable bonds is 5. The van der Waals surface area contributed by atoms with E-state index < -0.39 is 0 Å². The summed E-state index contributed by atoms with van der Waals surface area (Å²) < 4.78 is 0. The van der Waals surface area contributed by atoms with E-state index in [1.165, 1.54) is 5.56 Å². The molecule has 1 saturated heterocycles. The van der Waals surface area contributed by atoms with Crippen molar-refractivity contribution in [1.82, 2.24) is 14.9 Å².